The molecule has 5 aromatic rings. The van der Waals surface area contributed by atoms with E-state index in [4.69, 9.17) is 16.6 Å². The second-order valence-corrected chi connectivity index (χ2v) is 13.5. The molecule has 1 aliphatic rings. The number of carboxylic acids is 1. The summed E-state index contributed by atoms with van der Waals surface area (Å²) < 4.78 is 2.37. The van der Waals surface area contributed by atoms with Gasteiger partial charge in [-0.15, -0.1) is 0 Å². The molecule has 6 rings (SSSR count). The number of rotatable bonds is 8. The van der Waals surface area contributed by atoms with Crippen LogP contribution in [0.2, 0.25) is 5.02 Å². The number of carboxylic acid groups (broad SMARTS) is 1. The Bertz CT molecular complexity index is 1760. The van der Waals surface area contributed by atoms with Gasteiger partial charge < -0.3 is 14.6 Å². The Balaban J connectivity index is 1.36. The fourth-order valence-corrected chi connectivity index (χ4v) is 6.52. The molecule has 4 aromatic carbocycles. The Morgan fingerprint density at radius 3 is 2.27 bits per heavy atom. The van der Waals surface area contributed by atoms with Gasteiger partial charge in [-0.2, -0.15) is 0 Å². The van der Waals surface area contributed by atoms with Gasteiger partial charge in [0.2, 0.25) is 0 Å². The summed E-state index contributed by atoms with van der Waals surface area (Å²) in [7, 11) is 0. The zero-order chi connectivity index (χ0) is 30.8. The van der Waals surface area contributed by atoms with Crippen molar-refractivity contribution in [1.82, 2.24) is 9.55 Å². The van der Waals surface area contributed by atoms with Crippen molar-refractivity contribution < 1.29 is 9.90 Å². The summed E-state index contributed by atoms with van der Waals surface area (Å²) in [5.41, 5.74) is 8.01. The van der Waals surface area contributed by atoms with Gasteiger partial charge in [0.05, 0.1) is 16.6 Å². The fraction of sp³-hybridized carbons (Fsp3) is 0.316. The van der Waals surface area contributed by atoms with Crippen LogP contribution in [0.5, 0.6) is 0 Å². The minimum Gasteiger partial charge on any atom is -0.478 e. The molecule has 226 valence electrons. The molecule has 0 atom stereocenters. The number of carbonyl (C=O) groups is 1. The molecule has 0 radical (unpaired) electrons. The molecule has 0 spiro atoms. The number of imidazole rings is 1. The number of aromatic nitrogens is 2. The van der Waals surface area contributed by atoms with Gasteiger partial charge in [-0.3, -0.25) is 0 Å². The molecule has 1 aromatic heterocycles. The van der Waals surface area contributed by atoms with Gasteiger partial charge in [-0.05, 0) is 83.5 Å². The van der Waals surface area contributed by atoms with Crippen LogP contribution in [0.4, 0.5) is 5.69 Å². The van der Waals surface area contributed by atoms with Crippen LogP contribution in [0.1, 0.15) is 86.0 Å². The van der Waals surface area contributed by atoms with Crippen LogP contribution in [0.3, 0.4) is 0 Å². The maximum Gasteiger partial charge on any atom is 0.335 e. The van der Waals surface area contributed by atoms with Gasteiger partial charge in [-0.1, -0.05) is 94.1 Å². The van der Waals surface area contributed by atoms with Crippen molar-refractivity contribution >= 4 is 34.3 Å². The van der Waals surface area contributed by atoms with Crippen LogP contribution in [0.25, 0.3) is 22.4 Å². The maximum absolute atomic E-state index is 11.7. The topological polar surface area (TPSA) is 58.4 Å². The third-order valence-electron chi connectivity index (χ3n) is 8.82. The lowest BCUT2D eigenvalue weighted by Crippen LogP contribution is -2.22. The number of anilines is 1. The summed E-state index contributed by atoms with van der Waals surface area (Å²) in [5.74, 6) is -0.0231. The molecule has 0 aliphatic heterocycles. The van der Waals surface area contributed by atoms with E-state index in [1.54, 1.807) is 12.1 Å². The molecule has 1 aliphatic carbocycles. The van der Waals surface area contributed by atoms with E-state index < -0.39 is 5.97 Å². The standard InChI is InChI=1S/C38H40ClN3O2/c1-38(2,3)30-15-12-26(13-16-30)24-41(32-19-17-31(39)18-20-32)25-27-8-7-9-28(22-27)36-40-34-23-29(37(43)44)14-21-35(34)42(36)33-10-5-4-6-11-33/h7-9,12-23,33H,4-6,10-11,24-25H2,1-3H3,(H,43,44). The van der Waals surface area contributed by atoms with Crippen LogP contribution in [-0.4, -0.2) is 20.6 Å². The van der Waals surface area contributed by atoms with E-state index in [9.17, 15) is 9.90 Å². The second-order valence-electron chi connectivity index (χ2n) is 13.1. The Morgan fingerprint density at radius 2 is 1.59 bits per heavy atom. The number of aromatic carboxylic acids is 1. The molecule has 1 heterocycles. The largest absolute Gasteiger partial charge is 0.478 e. The summed E-state index contributed by atoms with van der Waals surface area (Å²) in [6, 6.07) is 31.3. The van der Waals surface area contributed by atoms with E-state index in [1.807, 2.05) is 18.2 Å². The Labute approximate surface area is 265 Å². The highest BCUT2D eigenvalue weighted by atomic mass is 35.5. The third-order valence-corrected chi connectivity index (χ3v) is 9.07. The zero-order valence-corrected chi connectivity index (χ0v) is 26.5. The normalized spacial score (nSPS) is 14.2. The van der Waals surface area contributed by atoms with Crippen molar-refractivity contribution in [2.24, 2.45) is 0 Å². The molecule has 0 bridgehead atoms. The van der Waals surface area contributed by atoms with E-state index >= 15 is 0 Å². The summed E-state index contributed by atoms with van der Waals surface area (Å²) >= 11 is 6.26. The molecule has 0 saturated heterocycles. The molecule has 1 saturated carbocycles. The average molecular weight is 606 g/mol. The maximum atomic E-state index is 11.7. The Hall–Kier alpha value is -4.09. The average Bonchev–Trinajstić information content (AvgIpc) is 3.40. The van der Waals surface area contributed by atoms with Crippen molar-refractivity contribution in [2.75, 3.05) is 4.90 Å². The van der Waals surface area contributed by atoms with Crippen LogP contribution in [-0.2, 0) is 18.5 Å². The highest BCUT2D eigenvalue weighted by molar-refractivity contribution is 6.30. The van der Waals surface area contributed by atoms with Gasteiger partial charge >= 0.3 is 5.97 Å². The number of hydrogen-bond donors (Lipinski definition) is 1. The smallest absolute Gasteiger partial charge is 0.335 e. The molecular weight excluding hydrogens is 566 g/mol. The van der Waals surface area contributed by atoms with Crippen molar-refractivity contribution in [3.8, 4) is 11.4 Å². The second kappa shape index (κ2) is 12.5. The molecular formula is C38H40ClN3O2. The van der Waals surface area contributed by atoms with Gasteiger partial charge in [0.15, 0.2) is 0 Å². The first-order chi connectivity index (χ1) is 21.2. The molecule has 5 nitrogen and oxygen atoms in total. The van der Waals surface area contributed by atoms with Crippen LogP contribution in [0, 0.1) is 0 Å². The minimum atomic E-state index is -0.932. The molecule has 44 heavy (non-hydrogen) atoms. The lowest BCUT2D eigenvalue weighted by Gasteiger charge is -2.27. The third kappa shape index (κ3) is 6.53. The lowest BCUT2D eigenvalue weighted by atomic mass is 9.87. The van der Waals surface area contributed by atoms with Gasteiger partial charge in [0.1, 0.15) is 5.82 Å². The Kier molecular flexibility index (Phi) is 8.50. The van der Waals surface area contributed by atoms with Gasteiger partial charge in [0.25, 0.3) is 0 Å². The monoisotopic (exact) mass is 605 g/mol. The van der Waals surface area contributed by atoms with Gasteiger partial charge in [-0.25, -0.2) is 9.78 Å². The number of halogens is 1. The first kappa shape index (κ1) is 30.0. The van der Waals surface area contributed by atoms with Crippen molar-refractivity contribution in [1.29, 1.82) is 0 Å². The van der Waals surface area contributed by atoms with Crippen molar-refractivity contribution in [2.45, 2.75) is 77.4 Å². The van der Waals surface area contributed by atoms with Crippen LogP contribution in [0.15, 0.2) is 91.0 Å². The molecule has 1 fully saturated rings. The number of fused-ring (bicyclic) bond motifs is 1. The van der Waals surface area contributed by atoms with Crippen LogP contribution >= 0.6 is 11.6 Å². The highest BCUT2D eigenvalue weighted by Crippen LogP contribution is 2.37. The molecule has 0 unspecified atom stereocenters. The van der Waals surface area contributed by atoms with E-state index in [0.29, 0.717) is 12.6 Å². The van der Waals surface area contributed by atoms with Crippen molar-refractivity contribution in [3.63, 3.8) is 0 Å². The predicted molar refractivity (Wildman–Crippen MR) is 181 cm³/mol. The van der Waals surface area contributed by atoms with E-state index in [1.165, 1.54) is 36.0 Å². The Morgan fingerprint density at radius 1 is 0.886 bits per heavy atom. The summed E-state index contributed by atoms with van der Waals surface area (Å²) in [6.45, 7) is 8.19. The number of nitrogens with zero attached hydrogens (tertiary/aromatic N) is 3. The van der Waals surface area contributed by atoms with E-state index in [2.05, 4.69) is 90.9 Å². The highest BCUT2D eigenvalue weighted by Gasteiger charge is 2.23. The molecule has 0 amide bonds. The predicted octanol–water partition coefficient (Wildman–Crippen LogP) is 10.1. The van der Waals surface area contributed by atoms with E-state index in [0.717, 1.165) is 52.5 Å². The van der Waals surface area contributed by atoms with Crippen molar-refractivity contribution in [3.05, 3.63) is 118 Å². The SMILES string of the molecule is CC(C)(C)c1ccc(CN(Cc2cccc(-c3nc4cc(C(=O)O)ccc4n3C3CCCCC3)c2)c2ccc(Cl)cc2)cc1. The summed E-state index contributed by atoms with van der Waals surface area (Å²) in [5, 5.41) is 10.3. The lowest BCUT2D eigenvalue weighted by molar-refractivity contribution is 0.0697. The fourth-order valence-electron chi connectivity index (χ4n) is 6.39. The zero-order valence-electron chi connectivity index (χ0n) is 25.8. The first-order valence-corrected chi connectivity index (χ1v) is 16.0. The molecule has 1 N–H and O–H groups in total. The first-order valence-electron chi connectivity index (χ1n) is 15.6. The molecule has 6 heteroatoms. The summed E-state index contributed by atoms with van der Waals surface area (Å²) in [6.07, 6.45) is 5.87. The minimum absolute atomic E-state index is 0.109. The number of hydrogen-bond acceptors (Lipinski definition) is 3. The summed E-state index contributed by atoms with van der Waals surface area (Å²) in [4.78, 5) is 19.2. The van der Waals surface area contributed by atoms with E-state index in [-0.39, 0.29) is 11.0 Å². The quantitative estimate of drug-likeness (QED) is 0.191. The van der Waals surface area contributed by atoms with Gasteiger partial charge in [0, 0.05) is 35.4 Å². The van der Waals surface area contributed by atoms with Crippen LogP contribution < -0.4 is 4.90 Å². The number of benzene rings is 4.